The maximum atomic E-state index is 10.9. The molecule has 2 aromatic heterocycles. The fourth-order valence-corrected chi connectivity index (χ4v) is 2.29. The molecule has 2 heterocycles. The fourth-order valence-electron chi connectivity index (χ4n) is 1.43. The average Bonchev–Trinajstić information content (AvgIpc) is 2.85. The predicted octanol–water partition coefficient (Wildman–Crippen LogP) is 3.27. The van der Waals surface area contributed by atoms with Crippen molar-refractivity contribution in [2.24, 2.45) is 0 Å². The summed E-state index contributed by atoms with van der Waals surface area (Å²) in [5.74, 6) is 0. The van der Waals surface area contributed by atoms with E-state index in [0.717, 1.165) is 5.01 Å². The van der Waals surface area contributed by atoms with E-state index in [9.17, 15) is 10.1 Å². The van der Waals surface area contributed by atoms with Crippen molar-refractivity contribution in [1.29, 1.82) is 0 Å². The highest BCUT2D eigenvalue weighted by molar-refractivity contribution is 7.09. The molecule has 0 saturated carbocycles. The van der Waals surface area contributed by atoms with Crippen LogP contribution in [0.1, 0.15) is 18.0 Å². The Kier molecular flexibility index (Phi) is 3.73. The smallest absolute Gasteiger partial charge is 0.311 e. The van der Waals surface area contributed by atoms with Crippen LogP contribution in [-0.4, -0.2) is 14.9 Å². The van der Waals surface area contributed by atoms with Gasteiger partial charge in [-0.2, -0.15) is 0 Å². The molecule has 1 N–H and O–H groups in total. The van der Waals surface area contributed by atoms with Crippen molar-refractivity contribution in [2.45, 2.75) is 13.0 Å². The van der Waals surface area contributed by atoms with Crippen LogP contribution in [0, 0.1) is 10.1 Å². The van der Waals surface area contributed by atoms with Crippen molar-refractivity contribution in [3.8, 4) is 0 Å². The zero-order valence-electron chi connectivity index (χ0n) is 9.33. The minimum Gasteiger partial charge on any atom is -0.369 e. The van der Waals surface area contributed by atoms with Gasteiger partial charge in [0.05, 0.1) is 16.0 Å². The Labute approximate surface area is 112 Å². The number of hydrogen-bond donors (Lipinski definition) is 1. The zero-order valence-corrected chi connectivity index (χ0v) is 10.9. The maximum Gasteiger partial charge on any atom is 0.311 e. The molecule has 0 amide bonds. The Morgan fingerprint density at radius 2 is 2.33 bits per heavy atom. The summed E-state index contributed by atoms with van der Waals surface area (Å²) >= 11 is 7.40. The lowest BCUT2D eigenvalue weighted by Crippen LogP contribution is -2.08. The Morgan fingerprint density at radius 3 is 2.94 bits per heavy atom. The van der Waals surface area contributed by atoms with Gasteiger partial charge in [0.15, 0.2) is 0 Å². The summed E-state index contributed by atoms with van der Waals surface area (Å²) in [6, 6.07) is -0.163. The van der Waals surface area contributed by atoms with Crippen LogP contribution in [0.3, 0.4) is 0 Å². The van der Waals surface area contributed by atoms with E-state index >= 15 is 0 Å². The van der Waals surface area contributed by atoms with Crippen LogP contribution in [0.15, 0.2) is 24.0 Å². The van der Waals surface area contributed by atoms with Gasteiger partial charge in [0.1, 0.15) is 16.9 Å². The second-order valence-corrected chi connectivity index (χ2v) is 4.84. The topological polar surface area (TPSA) is 81.0 Å². The molecule has 0 spiro atoms. The summed E-state index contributed by atoms with van der Waals surface area (Å²) in [5.41, 5.74) is 0.116. The number of pyridine rings is 1. The predicted molar refractivity (Wildman–Crippen MR) is 70.1 cm³/mol. The number of hydrogen-bond acceptors (Lipinski definition) is 6. The number of thiazole rings is 1. The van der Waals surface area contributed by atoms with Crippen molar-refractivity contribution in [3.63, 3.8) is 0 Å². The Bertz CT molecular complexity index is 561. The molecule has 0 aromatic carbocycles. The third-order valence-electron chi connectivity index (χ3n) is 2.26. The summed E-state index contributed by atoms with van der Waals surface area (Å²) in [5, 5.41) is 16.8. The highest BCUT2D eigenvalue weighted by Gasteiger charge is 2.20. The first-order valence-electron chi connectivity index (χ1n) is 5.03. The van der Waals surface area contributed by atoms with E-state index in [1.165, 1.54) is 23.7 Å². The van der Waals surface area contributed by atoms with Crippen molar-refractivity contribution in [2.75, 3.05) is 5.32 Å². The Balaban J connectivity index is 2.31. The SMILES string of the molecule is CC(Nc1c(Cl)cncc1[N+](=O)[O-])c1nccs1. The normalized spacial score (nSPS) is 12.1. The third-order valence-corrected chi connectivity index (χ3v) is 3.50. The van der Waals surface area contributed by atoms with Gasteiger partial charge in [-0.1, -0.05) is 11.6 Å². The molecule has 18 heavy (non-hydrogen) atoms. The van der Waals surface area contributed by atoms with Crippen LogP contribution in [0.2, 0.25) is 5.02 Å². The molecular weight excluding hydrogens is 276 g/mol. The van der Waals surface area contributed by atoms with Gasteiger partial charge in [-0.25, -0.2) is 4.98 Å². The second kappa shape index (κ2) is 5.28. The number of nitro groups is 1. The lowest BCUT2D eigenvalue weighted by Gasteiger charge is -2.13. The van der Waals surface area contributed by atoms with Crippen LogP contribution >= 0.6 is 22.9 Å². The van der Waals surface area contributed by atoms with Gasteiger partial charge >= 0.3 is 5.69 Å². The van der Waals surface area contributed by atoms with Crippen LogP contribution in [0.5, 0.6) is 0 Å². The first-order chi connectivity index (χ1) is 8.59. The van der Waals surface area contributed by atoms with E-state index in [1.807, 2.05) is 12.3 Å². The van der Waals surface area contributed by atoms with Crippen LogP contribution < -0.4 is 5.32 Å². The summed E-state index contributed by atoms with van der Waals surface area (Å²) in [7, 11) is 0. The molecule has 0 aliphatic heterocycles. The highest BCUT2D eigenvalue weighted by Crippen LogP contribution is 2.33. The van der Waals surface area contributed by atoms with Gasteiger partial charge in [-0.15, -0.1) is 11.3 Å². The van der Waals surface area contributed by atoms with Gasteiger partial charge in [0.25, 0.3) is 0 Å². The molecule has 2 aromatic rings. The van der Waals surface area contributed by atoms with E-state index in [0.29, 0.717) is 0 Å². The summed E-state index contributed by atoms with van der Waals surface area (Å²) < 4.78 is 0. The number of nitrogens with one attached hydrogen (secondary N) is 1. The van der Waals surface area contributed by atoms with Crippen molar-refractivity contribution in [1.82, 2.24) is 9.97 Å². The minimum absolute atomic E-state index is 0.147. The fraction of sp³-hybridized carbons (Fsp3) is 0.200. The largest absolute Gasteiger partial charge is 0.369 e. The molecule has 94 valence electrons. The molecule has 2 rings (SSSR count). The van der Waals surface area contributed by atoms with Crippen LogP contribution in [-0.2, 0) is 0 Å². The monoisotopic (exact) mass is 284 g/mol. The van der Waals surface area contributed by atoms with E-state index in [4.69, 9.17) is 11.6 Å². The molecule has 0 fully saturated rings. The van der Waals surface area contributed by atoms with E-state index in [1.54, 1.807) is 6.20 Å². The number of nitrogens with zero attached hydrogens (tertiary/aromatic N) is 3. The zero-order chi connectivity index (χ0) is 13.1. The van der Waals surface area contributed by atoms with Crippen LogP contribution in [0.4, 0.5) is 11.4 Å². The average molecular weight is 285 g/mol. The van der Waals surface area contributed by atoms with Gasteiger partial charge in [0.2, 0.25) is 0 Å². The van der Waals surface area contributed by atoms with Gasteiger partial charge in [-0.05, 0) is 6.92 Å². The number of anilines is 1. The summed E-state index contributed by atoms with van der Waals surface area (Å²) in [6.45, 7) is 1.86. The second-order valence-electron chi connectivity index (χ2n) is 3.51. The van der Waals surface area contributed by atoms with Gasteiger partial charge < -0.3 is 5.32 Å². The standard InChI is InChI=1S/C10H9ClN4O2S/c1-6(10-13-2-3-18-10)14-9-7(11)4-12-5-8(9)15(16)17/h2-6H,1H3,(H,12,14). The highest BCUT2D eigenvalue weighted by atomic mass is 35.5. The van der Waals surface area contributed by atoms with E-state index < -0.39 is 4.92 Å². The molecule has 1 atom stereocenters. The van der Waals surface area contributed by atoms with Crippen molar-refractivity contribution < 1.29 is 4.92 Å². The lowest BCUT2D eigenvalue weighted by molar-refractivity contribution is -0.384. The van der Waals surface area contributed by atoms with Gasteiger partial charge in [0, 0.05) is 17.8 Å². The molecule has 0 saturated heterocycles. The molecule has 0 aliphatic carbocycles. The summed E-state index contributed by atoms with van der Waals surface area (Å²) in [6.07, 6.45) is 4.22. The molecule has 0 bridgehead atoms. The van der Waals surface area contributed by atoms with Crippen LogP contribution in [0.25, 0.3) is 0 Å². The molecule has 6 nitrogen and oxygen atoms in total. The molecule has 0 radical (unpaired) electrons. The lowest BCUT2D eigenvalue weighted by atomic mass is 10.3. The summed E-state index contributed by atoms with van der Waals surface area (Å²) in [4.78, 5) is 18.2. The first-order valence-corrected chi connectivity index (χ1v) is 6.29. The van der Waals surface area contributed by atoms with Crippen molar-refractivity contribution in [3.05, 3.63) is 44.1 Å². The van der Waals surface area contributed by atoms with Crippen molar-refractivity contribution >= 4 is 34.3 Å². The van der Waals surface area contributed by atoms with Gasteiger partial charge in [-0.3, -0.25) is 15.1 Å². The molecule has 0 aliphatic rings. The number of rotatable bonds is 4. The minimum atomic E-state index is -0.518. The molecule has 8 heteroatoms. The Hall–Kier alpha value is -1.73. The number of halogens is 1. The van der Waals surface area contributed by atoms with E-state index in [2.05, 4.69) is 15.3 Å². The molecule has 1 unspecified atom stereocenters. The third kappa shape index (κ3) is 2.57. The number of aromatic nitrogens is 2. The Morgan fingerprint density at radius 1 is 1.56 bits per heavy atom. The van der Waals surface area contributed by atoms with E-state index in [-0.39, 0.29) is 22.4 Å². The maximum absolute atomic E-state index is 10.9. The quantitative estimate of drug-likeness (QED) is 0.688. The molecular formula is C10H9ClN4O2S. The first kappa shape index (κ1) is 12.7.